The van der Waals surface area contributed by atoms with Gasteiger partial charge in [-0.1, -0.05) is 5.16 Å². The molecule has 2 aromatic heterocycles. The molecule has 1 fully saturated rings. The summed E-state index contributed by atoms with van der Waals surface area (Å²) in [5.41, 5.74) is 1.04. The minimum Gasteiger partial charge on any atom is -0.381 e. The zero-order valence-electron chi connectivity index (χ0n) is 12.4. The van der Waals surface area contributed by atoms with Gasteiger partial charge in [0.15, 0.2) is 5.69 Å². The van der Waals surface area contributed by atoms with E-state index in [0.29, 0.717) is 18.9 Å². The van der Waals surface area contributed by atoms with Gasteiger partial charge in [-0.25, -0.2) is 9.97 Å². The largest absolute Gasteiger partial charge is 0.381 e. The number of aromatic nitrogens is 3. The summed E-state index contributed by atoms with van der Waals surface area (Å²) in [6.45, 7) is 3.54. The van der Waals surface area contributed by atoms with E-state index in [2.05, 4.69) is 20.4 Å². The lowest BCUT2D eigenvalue weighted by Crippen LogP contribution is -2.24. The fraction of sp³-hybridized carbons (Fsp3) is 0.467. The van der Waals surface area contributed by atoms with Crippen LogP contribution in [0.25, 0.3) is 0 Å². The van der Waals surface area contributed by atoms with Gasteiger partial charge in [0.05, 0.1) is 18.8 Å². The van der Waals surface area contributed by atoms with Gasteiger partial charge in [0, 0.05) is 24.8 Å². The highest BCUT2D eigenvalue weighted by molar-refractivity contribution is 5.92. The number of amides is 1. The summed E-state index contributed by atoms with van der Waals surface area (Å²) in [6, 6.07) is 3.39. The van der Waals surface area contributed by atoms with E-state index in [0.717, 1.165) is 31.0 Å². The van der Waals surface area contributed by atoms with E-state index in [9.17, 15) is 4.79 Å². The van der Waals surface area contributed by atoms with Crippen molar-refractivity contribution in [3.63, 3.8) is 0 Å². The van der Waals surface area contributed by atoms with Crippen molar-refractivity contribution < 1.29 is 14.1 Å². The summed E-state index contributed by atoms with van der Waals surface area (Å²) in [7, 11) is 0. The molecule has 0 unspecified atom stereocenters. The van der Waals surface area contributed by atoms with E-state index >= 15 is 0 Å². The smallest absolute Gasteiger partial charge is 0.273 e. The molecule has 2 aromatic rings. The molecule has 1 aliphatic heterocycles. The van der Waals surface area contributed by atoms with Gasteiger partial charge in [-0.05, 0) is 25.8 Å². The number of hydrogen-bond donors (Lipinski definition) is 1. The number of hydrogen-bond acceptors (Lipinski definition) is 6. The highest BCUT2D eigenvalue weighted by atomic mass is 16.5. The molecule has 3 rings (SSSR count). The standard InChI is InChI=1S/C15H18N4O3/c1-10-7-13(19-22-10)15(20)17-8-12-4-5-16-14(18-12)11-3-2-6-21-9-11/h4-5,7,11H,2-3,6,8-9H2,1H3,(H,17,20)/t11-/m1/s1. The number of carbonyl (C=O) groups excluding carboxylic acids is 1. The van der Waals surface area contributed by atoms with Crippen molar-refractivity contribution in [3.05, 3.63) is 41.3 Å². The second-order valence-electron chi connectivity index (χ2n) is 5.33. The van der Waals surface area contributed by atoms with Gasteiger partial charge in [0.25, 0.3) is 5.91 Å². The van der Waals surface area contributed by atoms with Gasteiger partial charge in [-0.15, -0.1) is 0 Å². The van der Waals surface area contributed by atoms with Crippen LogP contribution in [0.15, 0.2) is 22.9 Å². The average Bonchev–Trinajstić information content (AvgIpc) is 3.00. The van der Waals surface area contributed by atoms with E-state index in [-0.39, 0.29) is 17.5 Å². The normalized spacial score (nSPS) is 18.1. The number of nitrogens with one attached hydrogen (secondary N) is 1. The molecule has 3 heterocycles. The lowest BCUT2D eigenvalue weighted by Gasteiger charge is -2.20. The predicted molar refractivity (Wildman–Crippen MR) is 77.2 cm³/mol. The van der Waals surface area contributed by atoms with E-state index in [1.165, 1.54) is 0 Å². The Kier molecular flexibility index (Phi) is 4.43. The lowest BCUT2D eigenvalue weighted by atomic mass is 10.0. The number of aryl methyl sites for hydroxylation is 1. The first kappa shape index (κ1) is 14.6. The Morgan fingerprint density at radius 1 is 1.50 bits per heavy atom. The Morgan fingerprint density at radius 2 is 2.41 bits per heavy atom. The van der Waals surface area contributed by atoms with Crippen molar-refractivity contribution >= 4 is 5.91 Å². The van der Waals surface area contributed by atoms with Crippen molar-refractivity contribution in [2.24, 2.45) is 0 Å². The van der Waals surface area contributed by atoms with Gasteiger partial charge in [-0.2, -0.15) is 0 Å². The van der Waals surface area contributed by atoms with E-state index in [1.54, 1.807) is 25.3 Å². The van der Waals surface area contributed by atoms with E-state index < -0.39 is 0 Å². The number of rotatable bonds is 4. The zero-order chi connectivity index (χ0) is 15.4. The van der Waals surface area contributed by atoms with Crippen molar-refractivity contribution in [1.29, 1.82) is 0 Å². The lowest BCUT2D eigenvalue weighted by molar-refractivity contribution is 0.0779. The van der Waals surface area contributed by atoms with Crippen LogP contribution < -0.4 is 5.32 Å². The molecular weight excluding hydrogens is 284 g/mol. The number of nitrogens with zero attached hydrogens (tertiary/aromatic N) is 3. The molecular formula is C15H18N4O3. The fourth-order valence-corrected chi connectivity index (χ4v) is 2.39. The maximum Gasteiger partial charge on any atom is 0.273 e. The summed E-state index contributed by atoms with van der Waals surface area (Å²) >= 11 is 0. The Bertz CT molecular complexity index is 650. The maximum absolute atomic E-state index is 11.9. The Labute approximate surface area is 128 Å². The van der Waals surface area contributed by atoms with Crippen molar-refractivity contribution in [1.82, 2.24) is 20.4 Å². The number of ether oxygens (including phenoxy) is 1. The monoisotopic (exact) mass is 302 g/mol. The fourth-order valence-electron chi connectivity index (χ4n) is 2.39. The number of carbonyl (C=O) groups is 1. The molecule has 1 saturated heterocycles. The molecule has 0 radical (unpaired) electrons. The second-order valence-corrected chi connectivity index (χ2v) is 5.33. The van der Waals surface area contributed by atoms with Crippen LogP contribution in [0.2, 0.25) is 0 Å². The van der Waals surface area contributed by atoms with Gasteiger partial charge >= 0.3 is 0 Å². The minimum atomic E-state index is -0.280. The van der Waals surface area contributed by atoms with Crippen LogP contribution in [0.4, 0.5) is 0 Å². The predicted octanol–water partition coefficient (Wildman–Crippen LogP) is 1.60. The van der Waals surface area contributed by atoms with Crippen molar-refractivity contribution in [2.45, 2.75) is 32.2 Å². The third kappa shape index (κ3) is 3.48. The molecule has 116 valence electrons. The third-order valence-electron chi connectivity index (χ3n) is 3.55. The SMILES string of the molecule is Cc1cc(C(=O)NCc2ccnc([C@@H]3CCCOC3)n2)no1. The minimum absolute atomic E-state index is 0.239. The topological polar surface area (TPSA) is 90.1 Å². The first-order valence-electron chi connectivity index (χ1n) is 7.33. The van der Waals surface area contributed by atoms with Gasteiger partial charge in [0.1, 0.15) is 11.6 Å². The van der Waals surface area contributed by atoms with Crippen LogP contribution >= 0.6 is 0 Å². The highest BCUT2D eigenvalue weighted by Crippen LogP contribution is 2.22. The van der Waals surface area contributed by atoms with Crippen LogP contribution in [-0.4, -0.2) is 34.2 Å². The summed E-state index contributed by atoms with van der Waals surface area (Å²) < 4.78 is 10.4. The summed E-state index contributed by atoms with van der Waals surface area (Å²) in [5.74, 6) is 1.34. The second kappa shape index (κ2) is 6.65. The van der Waals surface area contributed by atoms with Crippen LogP contribution in [0, 0.1) is 6.92 Å². The molecule has 1 aliphatic rings. The summed E-state index contributed by atoms with van der Waals surface area (Å²) in [4.78, 5) is 20.8. The Hall–Kier alpha value is -2.28. The van der Waals surface area contributed by atoms with Crippen molar-refractivity contribution in [2.75, 3.05) is 13.2 Å². The highest BCUT2D eigenvalue weighted by Gasteiger charge is 2.19. The van der Waals surface area contributed by atoms with Crippen molar-refractivity contribution in [3.8, 4) is 0 Å². The quantitative estimate of drug-likeness (QED) is 0.922. The molecule has 0 aromatic carbocycles. The molecule has 1 atom stereocenters. The molecule has 22 heavy (non-hydrogen) atoms. The Morgan fingerprint density at radius 3 is 3.14 bits per heavy atom. The Balaban J connectivity index is 1.61. The van der Waals surface area contributed by atoms with Crippen LogP contribution in [0.5, 0.6) is 0 Å². The van der Waals surface area contributed by atoms with E-state index in [4.69, 9.17) is 9.26 Å². The first-order chi connectivity index (χ1) is 10.7. The maximum atomic E-state index is 11.9. The van der Waals surface area contributed by atoms with E-state index in [1.807, 2.05) is 0 Å². The molecule has 0 spiro atoms. The van der Waals surface area contributed by atoms with Crippen LogP contribution in [-0.2, 0) is 11.3 Å². The molecule has 1 N–H and O–H groups in total. The molecule has 0 saturated carbocycles. The summed E-state index contributed by atoms with van der Waals surface area (Å²) in [5, 5.41) is 6.46. The van der Waals surface area contributed by atoms with Crippen LogP contribution in [0.1, 0.15) is 46.5 Å². The van der Waals surface area contributed by atoms with Gasteiger partial charge in [-0.3, -0.25) is 4.79 Å². The molecule has 7 nitrogen and oxygen atoms in total. The molecule has 0 bridgehead atoms. The molecule has 7 heteroatoms. The van der Waals surface area contributed by atoms with Gasteiger partial charge < -0.3 is 14.6 Å². The summed E-state index contributed by atoms with van der Waals surface area (Å²) in [6.07, 6.45) is 3.78. The zero-order valence-corrected chi connectivity index (χ0v) is 12.4. The van der Waals surface area contributed by atoms with Crippen LogP contribution in [0.3, 0.4) is 0 Å². The first-order valence-corrected chi connectivity index (χ1v) is 7.33. The molecule has 1 amide bonds. The van der Waals surface area contributed by atoms with Gasteiger partial charge in [0.2, 0.25) is 0 Å². The third-order valence-corrected chi connectivity index (χ3v) is 3.55. The molecule has 0 aliphatic carbocycles. The average molecular weight is 302 g/mol.